The number of halogens is 1. The third-order valence-corrected chi connectivity index (χ3v) is 2.94. The maximum absolute atomic E-state index is 11.6. The van der Waals surface area contributed by atoms with E-state index in [1.54, 1.807) is 0 Å². The van der Waals surface area contributed by atoms with E-state index in [0.717, 1.165) is 18.5 Å². The molecule has 0 bridgehead atoms. The van der Waals surface area contributed by atoms with Crippen molar-refractivity contribution in [2.45, 2.75) is 39.3 Å². The average molecular weight is 269 g/mol. The first-order chi connectivity index (χ1) is 8.59. The lowest BCUT2D eigenvalue weighted by Crippen LogP contribution is -2.27. The van der Waals surface area contributed by atoms with Gasteiger partial charge in [0.15, 0.2) is 0 Å². The van der Waals surface area contributed by atoms with Crippen LogP contribution in [-0.4, -0.2) is 18.5 Å². The molecule has 4 heteroatoms. The maximum Gasteiger partial charge on any atom is 0.220 e. The van der Waals surface area contributed by atoms with Gasteiger partial charge in [-0.1, -0.05) is 43.6 Å². The molecule has 1 rings (SSSR count). The molecule has 0 radical (unpaired) electrons. The van der Waals surface area contributed by atoms with E-state index >= 15 is 0 Å². The van der Waals surface area contributed by atoms with Crippen molar-refractivity contribution in [1.82, 2.24) is 10.6 Å². The number of rotatable bonds is 7. The fourth-order valence-electron chi connectivity index (χ4n) is 1.56. The van der Waals surface area contributed by atoms with E-state index in [1.807, 2.05) is 24.3 Å². The smallest absolute Gasteiger partial charge is 0.220 e. The van der Waals surface area contributed by atoms with Gasteiger partial charge in [-0.05, 0) is 24.6 Å². The molecule has 0 spiro atoms. The van der Waals surface area contributed by atoms with Crippen LogP contribution >= 0.6 is 11.6 Å². The number of hydrogen-bond donors (Lipinski definition) is 2. The van der Waals surface area contributed by atoms with Crippen LogP contribution in [0.25, 0.3) is 0 Å². The molecule has 0 aliphatic rings. The first-order valence-electron chi connectivity index (χ1n) is 6.33. The van der Waals surface area contributed by atoms with Gasteiger partial charge in [0.05, 0.1) is 0 Å². The van der Waals surface area contributed by atoms with Gasteiger partial charge in [-0.3, -0.25) is 4.79 Å². The van der Waals surface area contributed by atoms with Crippen LogP contribution in [0.3, 0.4) is 0 Å². The Bertz CT molecular complexity index is 380. The number of carbonyl (C=O) groups excluding carboxylic acids is 1. The molecular formula is C14H21ClN2O. The van der Waals surface area contributed by atoms with Crippen molar-refractivity contribution in [3.63, 3.8) is 0 Å². The highest BCUT2D eigenvalue weighted by Crippen LogP contribution is 2.14. The predicted octanol–water partition coefficient (Wildman–Crippen LogP) is 2.73. The van der Waals surface area contributed by atoms with Crippen LogP contribution in [0.5, 0.6) is 0 Å². The summed E-state index contributed by atoms with van der Waals surface area (Å²) in [4.78, 5) is 11.6. The lowest BCUT2D eigenvalue weighted by atomic mass is 10.2. The molecule has 0 atom stereocenters. The molecule has 3 nitrogen and oxygen atoms in total. The van der Waals surface area contributed by atoms with E-state index in [2.05, 4.69) is 24.5 Å². The third-order valence-electron chi connectivity index (χ3n) is 2.57. The van der Waals surface area contributed by atoms with Crippen LogP contribution in [0.2, 0.25) is 5.02 Å². The number of nitrogens with one attached hydrogen (secondary N) is 2. The Labute approximate surface area is 114 Å². The quantitative estimate of drug-likeness (QED) is 0.747. The van der Waals surface area contributed by atoms with Gasteiger partial charge >= 0.3 is 0 Å². The van der Waals surface area contributed by atoms with Gasteiger partial charge in [0.1, 0.15) is 0 Å². The largest absolute Gasteiger partial charge is 0.352 e. The summed E-state index contributed by atoms with van der Waals surface area (Å²) >= 11 is 6.01. The maximum atomic E-state index is 11.6. The summed E-state index contributed by atoms with van der Waals surface area (Å²) in [6.07, 6.45) is 1.40. The Morgan fingerprint density at radius 3 is 2.72 bits per heavy atom. The molecule has 0 unspecified atom stereocenters. The van der Waals surface area contributed by atoms with Crippen molar-refractivity contribution in [2.24, 2.45) is 0 Å². The standard InChI is InChI=1S/C14H21ClN2O/c1-11(2)16-9-5-8-14(18)17-10-12-6-3-4-7-13(12)15/h3-4,6-7,11,16H,5,8-10H2,1-2H3,(H,17,18). The second-order valence-electron chi connectivity index (χ2n) is 4.58. The van der Waals surface area contributed by atoms with Gasteiger partial charge < -0.3 is 10.6 Å². The summed E-state index contributed by atoms with van der Waals surface area (Å²) in [5.74, 6) is 0.0699. The molecule has 1 aromatic carbocycles. The Morgan fingerprint density at radius 2 is 2.06 bits per heavy atom. The monoisotopic (exact) mass is 268 g/mol. The second kappa shape index (κ2) is 8.11. The van der Waals surface area contributed by atoms with Gasteiger partial charge in [0, 0.05) is 24.0 Å². The van der Waals surface area contributed by atoms with E-state index in [-0.39, 0.29) is 5.91 Å². The van der Waals surface area contributed by atoms with Gasteiger partial charge in [0.25, 0.3) is 0 Å². The Balaban J connectivity index is 2.19. The minimum Gasteiger partial charge on any atom is -0.352 e. The van der Waals surface area contributed by atoms with E-state index in [0.29, 0.717) is 24.0 Å². The fraction of sp³-hybridized carbons (Fsp3) is 0.500. The Kier molecular flexibility index (Phi) is 6.76. The highest BCUT2D eigenvalue weighted by atomic mass is 35.5. The van der Waals surface area contributed by atoms with Gasteiger partial charge in [0.2, 0.25) is 5.91 Å². The topological polar surface area (TPSA) is 41.1 Å². The summed E-state index contributed by atoms with van der Waals surface area (Å²) in [5.41, 5.74) is 0.952. The molecule has 18 heavy (non-hydrogen) atoms. The zero-order valence-corrected chi connectivity index (χ0v) is 11.8. The minimum atomic E-state index is 0.0699. The zero-order chi connectivity index (χ0) is 13.4. The van der Waals surface area contributed by atoms with E-state index in [9.17, 15) is 4.79 Å². The number of benzene rings is 1. The first-order valence-corrected chi connectivity index (χ1v) is 6.71. The molecule has 100 valence electrons. The van der Waals surface area contributed by atoms with Crippen LogP contribution in [0.15, 0.2) is 24.3 Å². The lowest BCUT2D eigenvalue weighted by molar-refractivity contribution is -0.121. The summed E-state index contributed by atoms with van der Waals surface area (Å²) in [7, 11) is 0. The summed E-state index contributed by atoms with van der Waals surface area (Å²) in [6, 6.07) is 8.01. The molecule has 0 heterocycles. The normalized spacial score (nSPS) is 10.7. The summed E-state index contributed by atoms with van der Waals surface area (Å²) in [5, 5.41) is 6.85. The van der Waals surface area contributed by atoms with Crippen LogP contribution in [0.1, 0.15) is 32.3 Å². The Hall–Kier alpha value is -1.06. The third kappa shape index (κ3) is 6.03. The molecule has 1 amide bonds. The second-order valence-corrected chi connectivity index (χ2v) is 4.99. The predicted molar refractivity (Wildman–Crippen MR) is 75.7 cm³/mol. The van der Waals surface area contributed by atoms with Crippen molar-refractivity contribution in [1.29, 1.82) is 0 Å². The molecular weight excluding hydrogens is 248 g/mol. The Morgan fingerprint density at radius 1 is 1.33 bits per heavy atom. The van der Waals surface area contributed by atoms with Crippen molar-refractivity contribution in [3.8, 4) is 0 Å². The van der Waals surface area contributed by atoms with E-state index in [4.69, 9.17) is 11.6 Å². The van der Waals surface area contributed by atoms with Crippen molar-refractivity contribution >= 4 is 17.5 Å². The summed E-state index contributed by atoms with van der Waals surface area (Å²) in [6.45, 7) is 5.56. The van der Waals surface area contributed by atoms with Crippen LogP contribution in [-0.2, 0) is 11.3 Å². The van der Waals surface area contributed by atoms with Crippen LogP contribution in [0, 0.1) is 0 Å². The van der Waals surface area contributed by atoms with Gasteiger partial charge in [-0.2, -0.15) is 0 Å². The lowest BCUT2D eigenvalue weighted by Gasteiger charge is -2.09. The number of carbonyl (C=O) groups is 1. The van der Waals surface area contributed by atoms with E-state index in [1.165, 1.54) is 0 Å². The SMILES string of the molecule is CC(C)NCCCC(=O)NCc1ccccc1Cl. The number of amides is 1. The zero-order valence-electron chi connectivity index (χ0n) is 11.0. The molecule has 2 N–H and O–H groups in total. The number of hydrogen-bond acceptors (Lipinski definition) is 2. The highest BCUT2D eigenvalue weighted by molar-refractivity contribution is 6.31. The summed E-state index contributed by atoms with van der Waals surface area (Å²) < 4.78 is 0. The van der Waals surface area contributed by atoms with Gasteiger partial charge in [-0.15, -0.1) is 0 Å². The highest BCUT2D eigenvalue weighted by Gasteiger charge is 2.03. The van der Waals surface area contributed by atoms with E-state index < -0.39 is 0 Å². The molecule has 0 fully saturated rings. The minimum absolute atomic E-state index is 0.0699. The first kappa shape index (κ1) is 15.0. The van der Waals surface area contributed by atoms with Crippen molar-refractivity contribution in [2.75, 3.05) is 6.54 Å². The molecule has 1 aromatic rings. The average Bonchev–Trinajstić information content (AvgIpc) is 2.33. The molecule has 0 aliphatic carbocycles. The molecule has 0 aliphatic heterocycles. The fourth-order valence-corrected chi connectivity index (χ4v) is 1.77. The van der Waals surface area contributed by atoms with Crippen LogP contribution in [0.4, 0.5) is 0 Å². The van der Waals surface area contributed by atoms with Gasteiger partial charge in [-0.25, -0.2) is 0 Å². The molecule has 0 saturated heterocycles. The molecule has 0 aromatic heterocycles. The van der Waals surface area contributed by atoms with Crippen LogP contribution < -0.4 is 10.6 Å². The molecule has 0 saturated carbocycles. The van der Waals surface area contributed by atoms with Crippen molar-refractivity contribution < 1.29 is 4.79 Å². The van der Waals surface area contributed by atoms with Crippen molar-refractivity contribution in [3.05, 3.63) is 34.9 Å².